The highest BCUT2D eigenvalue weighted by atomic mass is 16.3. The molecule has 0 saturated heterocycles. The first-order valence-corrected chi connectivity index (χ1v) is 14.5. The molecule has 11 atom stereocenters. The molecule has 5 rings (SSSR count). The van der Waals surface area contributed by atoms with Gasteiger partial charge in [0.15, 0.2) is 0 Å². The Bertz CT molecular complexity index is 741. The second kappa shape index (κ2) is 7.24. The van der Waals surface area contributed by atoms with Gasteiger partial charge < -0.3 is 5.11 Å². The molecule has 184 valence electrons. The van der Waals surface area contributed by atoms with Crippen LogP contribution in [-0.2, 0) is 0 Å². The summed E-state index contributed by atoms with van der Waals surface area (Å²) in [6.07, 6.45) is 14.4. The molecule has 5 aliphatic carbocycles. The number of rotatable bonds is 2. The molecule has 1 N–H and O–H groups in total. The van der Waals surface area contributed by atoms with Crippen molar-refractivity contribution in [3.63, 3.8) is 0 Å². The lowest BCUT2D eigenvalue weighted by molar-refractivity contribution is -0.246. The summed E-state index contributed by atoms with van der Waals surface area (Å²) in [5.41, 5.74) is 2.55. The summed E-state index contributed by atoms with van der Waals surface area (Å²) in [6, 6.07) is 0. The summed E-state index contributed by atoms with van der Waals surface area (Å²) < 4.78 is 0. The average molecular weight is 443 g/mol. The molecule has 0 aromatic heterocycles. The van der Waals surface area contributed by atoms with Crippen molar-refractivity contribution in [2.24, 2.45) is 68.5 Å². The smallest absolute Gasteiger partial charge is 0.0459 e. The van der Waals surface area contributed by atoms with Gasteiger partial charge in [-0.25, -0.2) is 0 Å². The van der Waals surface area contributed by atoms with Crippen LogP contribution < -0.4 is 0 Å². The molecule has 11 unspecified atom stereocenters. The molecule has 0 spiro atoms. The fraction of sp³-hybridized carbons (Fsp3) is 1.00. The Morgan fingerprint density at radius 3 is 1.88 bits per heavy atom. The molecule has 0 aromatic rings. The van der Waals surface area contributed by atoms with Crippen LogP contribution in [0.1, 0.15) is 120 Å². The lowest BCUT2D eigenvalue weighted by Crippen LogP contribution is -2.66. The standard InChI is InChI=1S/C31H54O/c1-20(19-32)22-12-16-28(5)23(22)13-17-30(7)25(28)9-10-26-29(6)15-11-21(2)27(3,4)24(29)14-18-31(26,30)8/h20-26,32H,9-19H2,1-8H3. The Morgan fingerprint density at radius 1 is 0.688 bits per heavy atom. The zero-order chi connectivity index (χ0) is 23.3. The molecule has 5 fully saturated rings. The second-order valence-corrected chi connectivity index (χ2v) is 15.4. The van der Waals surface area contributed by atoms with Crippen molar-refractivity contribution in [1.29, 1.82) is 0 Å². The Balaban J connectivity index is 1.50. The van der Waals surface area contributed by atoms with Gasteiger partial charge in [0.1, 0.15) is 0 Å². The van der Waals surface area contributed by atoms with Gasteiger partial charge in [-0.3, -0.25) is 0 Å². The van der Waals surface area contributed by atoms with Gasteiger partial charge in [0.05, 0.1) is 0 Å². The van der Waals surface area contributed by atoms with Crippen LogP contribution >= 0.6 is 0 Å². The third kappa shape index (κ3) is 2.73. The number of hydrogen-bond acceptors (Lipinski definition) is 1. The van der Waals surface area contributed by atoms with Crippen LogP contribution in [0.25, 0.3) is 0 Å². The monoisotopic (exact) mass is 442 g/mol. The Labute approximate surface area is 199 Å². The summed E-state index contributed by atoms with van der Waals surface area (Å²) in [6.45, 7) is 21.5. The van der Waals surface area contributed by atoms with Crippen molar-refractivity contribution in [2.75, 3.05) is 6.61 Å². The van der Waals surface area contributed by atoms with Crippen molar-refractivity contribution in [3.05, 3.63) is 0 Å². The number of aliphatic hydroxyl groups excluding tert-OH is 1. The van der Waals surface area contributed by atoms with Gasteiger partial charge in [0.2, 0.25) is 0 Å². The highest BCUT2D eigenvalue weighted by molar-refractivity contribution is 5.19. The van der Waals surface area contributed by atoms with Gasteiger partial charge in [-0.1, -0.05) is 55.4 Å². The van der Waals surface area contributed by atoms with E-state index in [0.29, 0.717) is 39.6 Å². The first-order valence-electron chi connectivity index (χ1n) is 14.5. The van der Waals surface area contributed by atoms with E-state index in [4.69, 9.17) is 0 Å². The van der Waals surface area contributed by atoms with E-state index in [1.54, 1.807) is 0 Å². The molecule has 32 heavy (non-hydrogen) atoms. The molecule has 5 saturated carbocycles. The number of fused-ring (bicyclic) bond motifs is 7. The number of aliphatic hydroxyl groups is 1. The third-order valence-corrected chi connectivity index (χ3v) is 14.6. The lowest BCUT2D eigenvalue weighted by Gasteiger charge is -2.73. The van der Waals surface area contributed by atoms with E-state index in [-0.39, 0.29) is 0 Å². The largest absolute Gasteiger partial charge is 0.396 e. The van der Waals surface area contributed by atoms with Gasteiger partial charge in [-0.05, 0) is 133 Å². The van der Waals surface area contributed by atoms with Crippen molar-refractivity contribution < 1.29 is 5.11 Å². The molecular weight excluding hydrogens is 388 g/mol. The fourth-order valence-corrected chi connectivity index (χ4v) is 12.2. The minimum Gasteiger partial charge on any atom is -0.396 e. The molecule has 0 amide bonds. The summed E-state index contributed by atoms with van der Waals surface area (Å²) in [5.74, 6) is 5.68. The normalized spacial score (nSPS) is 57.7. The maximum absolute atomic E-state index is 9.95. The third-order valence-electron chi connectivity index (χ3n) is 14.6. The fourth-order valence-electron chi connectivity index (χ4n) is 12.2. The topological polar surface area (TPSA) is 20.2 Å². The first kappa shape index (κ1) is 23.7. The molecule has 5 aliphatic rings. The molecule has 1 nitrogen and oxygen atoms in total. The predicted molar refractivity (Wildman–Crippen MR) is 135 cm³/mol. The van der Waals surface area contributed by atoms with Gasteiger partial charge in [0.25, 0.3) is 0 Å². The summed E-state index contributed by atoms with van der Waals surface area (Å²) in [4.78, 5) is 0. The van der Waals surface area contributed by atoms with Crippen molar-refractivity contribution in [1.82, 2.24) is 0 Å². The molecular formula is C31H54O. The van der Waals surface area contributed by atoms with Crippen LogP contribution in [0.3, 0.4) is 0 Å². The van der Waals surface area contributed by atoms with E-state index in [1.807, 2.05) is 0 Å². The van der Waals surface area contributed by atoms with Crippen LogP contribution in [-0.4, -0.2) is 11.7 Å². The minimum atomic E-state index is 0.382. The van der Waals surface area contributed by atoms with Gasteiger partial charge >= 0.3 is 0 Å². The second-order valence-electron chi connectivity index (χ2n) is 15.4. The van der Waals surface area contributed by atoms with Crippen LogP contribution in [0.4, 0.5) is 0 Å². The maximum atomic E-state index is 9.95. The van der Waals surface area contributed by atoms with E-state index in [9.17, 15) is 5.11 Å². The Kier molecular flexibility index (Phi) is 5.36. The zero-order valence-electron chi connectivity index (χ0n) is 22.8. The van der Waals surface area contributed by atoms with Crippen molar-refractivity contribution in [2.45, 2.75) is 120 Å². The highest BCUT2D eigenvalue weighted by Gasteiger charge is 2.70. The predicted octanol–water partition coefficient (Wildman–Crippen LogP) is 8.35. The SMILES string of the molecule is CC(CO)C1CCC2(C)C1CCC1(C)C2CCC2C3(C)CCC(C)C(C)(C)C3CCC21C. The molecule has 0 aromatic carbocycles. The van der Waals surface area contributed by atoms with Crippen molar-refractivity contribution in [3.8, 4) is 0 Å². The van der Waals surface area contributed by atoms with Gasteiger partial charge in [-0.15, -0.1) is 0 Å². The zero-order valence-corrected chi connectivity index (χ0v) is 22.8. The summed E-state index contributed by atoms with van der Waals surface area (Å²) in [5, 5.41) is 9.95. The van der Waals surface area contributed by atoms with E-state index in [0.717, 1.165) is 35.5 Å². The van der Waals surface area contributed by atoms with Crippen molar-refractivity contribution >= 4 is 0 Å². The average Bonchev–Trinajstić information content (AvgIpc) is 3.08. The Morgan fingerprint density at radius 2 is 1.25 bits per heavy atom. The van der Waals surface area contributed by atoms with Gasteiger partial charge in [-0.2, -0.15) is 0 Å². The van der Waals surface area contributed by atoms with E-state index >= 15 is 0 Å². The van der Waals surface area contributed by atoms with Crippen LogP contribution in [0.5, 0.6) is 0 Å². The van der Waals surface area contributed by atoms with Crippen LogP contribution in [0.15, 0.2) is 0 Å². The summed E-state index contributed by atoms with van der Waals surface area (Å²) in [7, 11) is 0. The Hall–Kier alpha value is -0.0400. The van der Waals surface area contributed by atoms with Crippen LogP contribution in [0.2, 0.25) is 0 Å². The van der Waals surface area contributed by atoms with Crippen LogP contribution in [0, 0.1) is 68.5 Å². The van der Waals surface area contributed by atoms with Gasteiger partial charge in [0, 0.05) is 6.61 Å². The summed E-state index contributed by atoms with van der Waals surface area (Å²) >= 11 is 0. The number of hydrogen-bond donors (Lipinski definition) is 1. The lowest BCUT2D eigenvalue weighted by atomic mass is 9.31. The first-order chi connectivity index (χ1) is 14.9. The highest BCUT2D eigenvalue weighted by Crippen LogP contribution is 2.78. The minimum absolute atomic E-state index is 0.382. The molecule has 1 heteroatoms. The molecule has 0 aliphatic heterocycles. The molecule has 0 radical (unpaired) electrons. The van der Waals surface area contributed by atoms with E-state index in [1.165, 1.54) is 64.2 Å². The molecule has 0 heterocycles. The quantitative estimate of drug-likeness (QED) is 0.455. The van der Waals surface area contributed by atoms with E-state index < -0.39 is 0 Å². The maximum Gasteiger partial charge on any atom is 0.0459 e. The van der Waals surface area contributed by atoms with E-state index in [2.05, 4.69) is 55.4 Å². The molecule has 0 bridgehead atoms.